The van der Waals surface area contributed by atoms with Gasteiger partial charge in [-0.1, -0.05) is 18.2 Å². The standard InChI is InChI=1S/C14H21N/c1-14(2,15-3)13-9-8-11-6-4-5-7-12(11)10-13/h8-10,15H,4-7H2,1-3H3. The summed E-state index contributed by atoms with van der Waals surface area (Å²) in [6.07, 6.45) is 5.26. The van der Waals surface area contributed by atoms with Crippen LogP contribution < -0.4 is 5.32 Å². The Hall–Kier alpha value is -0.820. The minimum absolute atomic E-state index is 0.0898. The van der Waals surface area contributed by atoms with Gasteiger partial charge in [-0.15, -0.1) is 0 Å². The van der Waals surface area contributed by atoms with Gasteiger partial charge in [0.1, 0.15) is 0 Å². The van der Waals surface area contributed by atoms with Gasteiger partial charge in [0.2, 0.25) is 0 Å². The lowest BCUT2D eigenvalue weighted by molar-refractivity contribution is 0.443. The number of nitrogens with one attached hydrogen (secondary N) is 1. The van der Waals surface area contributed by atoms with E-state index >= 15 is 0 Å². The summed E-state index contributed by atoms with van der Waals surface area (Å²) in [4.78, 5) is 0. The Labute approximate surface area is 92.9 Å². The first kappa shape index (κ1) is 10.7. The quantitative estimate of drug-likeness (QED) is 0.779. The molecule has 1 aliphatic carbocycles. The molecule has 0 heterocycles. The summed E-state index contributed by atoms with van der Waals surface area (Å²) < 4.78 is 0. The average molecular weight is 203 g/mol. The molecule has 82 valence electrons. The number of aryl methyl sites for hydroxylation is 2. The maximum atomic E-state index is 3.36. The Morgan fingerprint density at radius 2 is 1.73 bits per heavy atom. The first-order valence-corrected chi connectivity index (χ1v) is 5.95. The van der Waals surface area contributed by atoms with E-state index in [1.54, 1.807) is 11.1 Å². The van der Waals surface area contributed by atoms with E-state index < -0.39 is 0 Å². The van der Waals surface area contributed by atoms with Crippen molar-refractivity contribution in [2.45, 2.75) is 45.1 Å². The van der Waals surface area contributed by atoms with Crippen molar-refractivity contribution in [3.8, 4) is 0 Å². The molecule has 0 amide bonds. The number of rotatable bonds is 2. The summed E-state index contributed by atoms with van der Waals surface area (Å²) >= 11 is 0. The minimum Gasteiger partial charge on any atom is -0.311 e. The molecule has 0 saturated heterocycles. The third kappa shape index (κ3) is 2.07. The van der Waals surface area contributed by atoms with Crippen LogP contribution in [-0.4, -0.2) is 7.05 Å². The highest BCUT2D eigenvalue weighted by Gasteiger charge is 2.19. The van der Waals surface area contributed by atoms with Crippen LogP contribution in [0, 0.1) is 0 Å². The summed E-state index contributed by atoms with van der Waals surface area (Å²) in [6.45, 7) is 4.47. The van der Waals surface area contributed by atoms with Gasteiger partial charge < -0.3 is 5.32 Å². The van der Waals surface area contributed by atoms with Gasteiger partial charge in [0, 0.05) is 5.54 Å². The third-order valence-electron chi connectivity index (χ3n) is 3.70. The lowest BCUT2D eigenvalue weighted by atomic mass is 9.86. The highest BCUT2D eigenvalue weighted by atomic mass is 14.9. The van der Waals surface area contributed by atoms with E-state index in [1.165, 1.54) is 31.2 Å². The van der Waals surface area contributed by atoms with E-state index in [-0.39, 0.29) is 5.54 Å². The summed E-state index contributed by atoms with van der Waals surface area (Å²) in [5, 5.41) is 3.36. The Kier molecular flexibility index (Phi) is 2.83. The van der Waals surface area contributed by atoms with E-state index in [1.807, 2.05) is 7.05 Å². The fraction of sp³-hybridized carbons (Fsp3) is 0.571. The average Bonchev–Trinajstić information content (AvgIpc) is 2.28. The molecule has 0 unspecified atom stereocenters. The van der Waals surface area contributed by atoms with Crippen molar-refractivity contribution >= 4 is 0 Å². The van der Waals surface area contributed by atoms with Crippen LogP contribution in [0.15, 0.2) is 18.2 Å². The van der Waals surface area contributed by atoms with Crippen LogP contribution in [-0.2, 0) is 18.4 Å². The van der Waals surface area contributed by atoms with Crippen molar-refractivity contribution in [3.63, 3.8) is 0 Å². The monoisotopic (exact) mass is 203 g/mol. The summed E-state index contributed by atoms with van der Waals surface area (Å²) in [5.74, 6) is 0. The molecular weight excluding hydrogens is 182 g/mol. The predicted octanol–water partition coefficient (Wildman–Crippen LogP) is 3.02. The largest absolute Gasteiger partial charge is 0.311 e. The first-order valence-electron chi connectivity index (χ1n) is 5.95. The van der Waals surface area contributed by atoms with Gasteiger partial charge in [0.25, 0.3) is 0 Å². The summed E-state index contributed by atoms with van der Waals surface area (Å²) in [7, 11) is 2.03. The fourth-order valence-electron chi connectivity index (χ4n) is 2.27. The van der Waals surface area contributed by atoms with Crippen LogP contribution in [0.25, 0.3) is 0 Å². The molecule has 0 aromatic heterocycles. The molecule has 0 radical (unpaired) electrons. The molecule has 1 aromatic rings. The molecule has 1 aliphatic rings. The normalized spacial score (nSPS) is 16.2. The molecule has 0 atom stereocenters. The predicted molar refractivity (Wildman–Crippen MR) is 65.2 cm³/mol. The maximum Gasteiger partial charge on any atom is 0.0375 e. The SMILES string of the molecule is CNC(C)(C)c1ccc2c(c1)CCCC2. The molecule has 0 spiro atoms. The zero-order chi connectivity index (χ0) is 10.9. The van der Waals surface area contributed by atoms with E-state index in [4.69, 9.17) is 0 Å². The smallest absolute Gasteiger partial charge is 0.0375 e. The molecular formula is C14H21N. The Morgan fingerprint density at radius 1 is 1.07 bits per heavy atom. The van der Waals surface area contributed by atoms with Gasteiger partial charge in [-0.05, 0) is 63.3 Å². The molecule has 0 aliphatic heterocycles. The van der Waals surface area contributed by atoms with Crippen LogP contribution in [0.4, 0.5) is 0 Å². The second-order valence-corrected chi connectivity index (χ2v) is 5.07. The Morgan fingerprint density at radius 3 is 2.40 bits per heavy atom. The van der Waals surface area contributed by atoms with Crippen LogP contribution in [0.1, 0.15) is 43.4 Å². The van der Waals surface area contributed by atoms with Crippen LogP contribution in [0.2, 0.25) is 0 Å². The first-order chi connectivity index (χ1) is 7.13. The molecule has 0 fully saturated rings. The minimum atomic E-state index is 0.0898. The lowest BCUT2D eigenvalue weighted by Gasteiger charge is -2.27. The zero-order valence-electron chi connectivity index (χ0n) is 10.1. The van der Waals surface area contributed by atoms with Crippen molar-refractivity contribution in [3.05, 3.63) is 34.9 Å². The van der Waals surface area contributed by atoms with E-state index in [0.717, 1.165) is 0 Å². The molecule has 1 nitrogen and oxygen atoms in total. The molecule has 1 aromatic carbocycles. The van der Waals surface area contributed by atoms with Crippen LogP contribution >= 0.6 is 0 Å². The highest BCUT2D eigenvalue weighted by Crippen LogP contribution is 2.27. The van der Waals surface area contributed by atoms with E-state index in [9.17, 15) is 0 Å². The zero-order valence-corrected chi connectivity index (χ0v) is 10.1. The molecule has 15 heavy (non-hydrogen) atoms. The van der Waals surface area contributed by atoms with Crippen molar-refractivity contribution in [2.24, 2.45) is 0 Å². The van der Waals surface area contributed by atoms with Gasteiger partial charge in [0.05, 0.1) is 0 Å². The highest BCUT2D eigenvalue weighted by molar-refractivity contribution is 5.36. The molecule has 2 rings (SSSR count). The van der Waals surface area contributed by atoms with Gasteiger partial charge in [0.15, 0.2) is 0 Å². The number of fused-ring (bicyclic) bond motifs is 1. The van der Waals surface area contributed by atoms with Crippen LogP contribution in [0.3, 0.4) is 0 Å². The van der Waals surface area contributed by atoms with Crippen molar-refractivity contribution < 1.29 is 0 Å². The topological polar surface area (TPSA) is 12.0 Å². The van der Waals surface area contributed by atoms with Crippen LogP contribution in [0.5, 0.6) is 0 Å². The summed E-state index contributed by atoms with van der Waals surface area (Å²) in [5.41, 5.74) is 4.64. The van der Waals surface area contributed by atoms with Gasteiger partial charge in [-0.3, -0.25) is 0 Å². The van der Waals surface area contributed by atoms with Crippen molar-refractivity contribution in [2.75, 3.05) is 7.05 Å². The molecule has 1 heteroatoms. The van der Waals surface area contributed by atoms with Gasteiger partial charge in [-0.2, -0.15) is 0 Å². The molecule has 1 N–H and O–H groups in total. The van der Waals surface area contributed by atoms with Gasteiger partial charge in [-0.25, -0.2) is 0 Å². The van der Waals surface area contributed by atoms with E-state index in [0.29, 0.717) is 0 Å². The molecule has 0 saturated carbocycles. The number of hydrogen-bond donors (Lipinski definition) is 1. The third-order valence-corrected chi connectivity index (χ3v) is 3.70. The number of benzene rings is 1. The van der Waals surface area contributed by atoms with E-state index in [2.05, 4.69) is 37.4 Å². The fourth-order valence-corrected chi connectivity index (χ4v) is 2.27. The second-order valence-electron chi connectivity index (χ2n) is 5.07. The Balaban J connectivity index is 2.36. The Bertz CT molecular complexity index is 352. The van der Waals surface area contributed by atoms with Gasteiger partial charge >= 0.3 is 0 Å². The van der Waals surface area contributed by atoms with Crippen molar-refractivity contribution in [1.82, 2.24) is 5.32 Å². The molecule has 0 bridgehead atoms. The number of hydrogen-bond acceptors (Lipinski definition) is 1. The lowest BCUT2D eigenvalue weighted by Crippen LogP contribution is -2.33. The van der Waals surface area contributed by atoms with Crippen molar-refractivity contribution in [1.29, 1.82) is 0 Å². The maximum absolute atomic E-state index is 3.36. The summed E-state index contributed by atoms with van der Waals surface area (Å²) in [6, 6.07) is 6.99. The second kappa shape index (κ2) is 3.97.